The predicted molar refractivity (Wildman–Crippen MR) is 381 cm³/mol. The fraction of sp³-hybridized carbons (Fsp3) is 0.947. The second-order valence-electron chi connectivity index (χ2n) is 27.8. The summed E-state index contributed by atoms with van der Waals surface area (Å²) in [5, 5.41) is 10.6. The topological polar surface area (TPSA) is 237 Å². The zero-order valence-electron chi connectivity index (χ0n) is 61.3. The molecular formula is C75H146O17P2. The van der Waals surface area contributed by atoms with Crippen LogP contribution in [0.1, 0.15) is 388 Å². The van der Waals surface area contributed by atoms with Gasteiger partial charge in [0.15, 0.2) is 12.2 Å². The van der Waals surface area contributed by atoms with E-state index in [2.05, 4.69) is 41.5 Å². The Labute approximate surface area is 575 Å². The predicted octanol–water partition coefficient (Wildman–Crippen LogP) is 21.9. The number of unbranched alkanes of at least 4 members (excludes halogenated alkanes) is 43. The number of ether oxygens (including phenoxy) is 4. The van der Waals surface area contributed by atoms with Crippen LogP contribution in [0.25, 0.3) is 0 Å². The van der Waals surface area contributed by atoms with E-state index in [0.717, 1.165) is 102 Å². The van der Waals surface area contributed by atoms with Gasteiger partial charge in [-0.25, -0.2) is 9.13 Å². The Balaban J connectivity index is 5.23. The van der Waals surface area contributed by atoms with Crippen LogP contribution in [0.2, 0.25) is 0 Å². The summed E-state index contributed by atoms with van der Waals surface area (Å²) in [4.78, 5) is 72.7. The molecule has 0 saturated carbocycles. The van der Waals surface area contributed by atoms with Gasteiger partial charge in [-0.15, -0.1) is 0 Å². The number of esters is 4. The maximum absolute atomic E-state index is 13.1. The molecule has 0 aliphatic heterocycles. The monoisotopic (exact) mass is 1380 g/mol. The lowest BCUT2D eigenvalue weighted by molar-refractivity contribution is -0.161. The molecule has 0 fully saturated rings. The van der Waals surface area contributed by atoms with Crippen LogP contribution in [-0.4, -0.2) is 96.7 Å². The van der Waals surface area contributed by atoms with Crippen LogP contribution >= 0.6 is 15.6 Å². The van der Waals surface area contributed by atoms with Crippen molar-refractivity contribution < 1.29 is 80.2 Å². The summed E-state index contributed by atoms with van der Waals surface area (Å²) in [7, 11) is -9.91. The smallest absolute Gasteiger partial charge is 0.462 e. The molecule has 0 rings (SSSR count). The van der Waals surface area contributed by atoms with Crippen molar-refractivity contribution in [3.05, 3.63) is 0 Å². The third kappa shape index (κ3) is 67.3. The Morgan fingerprint density at radius 1 is 0.309 bits per heavy atom. The van der Waals surface area contributed by atoms with Gasteiger partial charge in [-0.2, -0.15) is 0 Å². The van der Waals surface area contributed by atoms with E-state index in [0.29, 0.717) is 25.7 Å². The number of carbonyl (C=O) groups excluding carboxylic acids is 4. The third-order valence-electron chi connectivity index (χ3n) is 17.8. The molecule has 6 atom stereocenters. The Morgan fingerprint density at radius 2 is 0.543 bits per heavy atom. The molecule has 0 radical (unpaired) electrons. The van der Waals surface area contributed by atoms with Crippen molar-refractivity contribution in [3.8, 4) is 0 Å². The Hall–Kier alpha value is -1.94. The molecule has 0 amide bonds. The van der Waals surface area contributed by atoms with Crippen molar-refractivity contribution in [1.29, 1.82) is 0 Å². The Kier molecular flexibility index (Phi) is 65.5. The van der Waals surface area contributed by atoms with Crippen molar-refractivity contribution in [2.75, 3.05) is 39.6 Å². The third-order valence-corrected chi connectivity index (χ3v) is 19.7. The van der Waals surface area contributed by atoms with Gasteiger partial charge in [0, 0.05) is 25.7 Å². The van der Waals surface area contributed by atoms with Crippen LogP contribution in [0, 0.1) is 11.8 Å². The van der Waals surface area contributed by atoms with Crippen LogP contribution in [0.5, 0.6) is 0 Å². The number of carbonyl (C=O) groups is 4. The van der Waals surface area contributed by atoms with E-state index < -0.39 is 97.5 Å². The van der Waals surface area contributed by atoms with E-state index in [1.807, 2.05) is 0 Å². The summed E-state index contributed by atoms with van der Waals surface area (Å²) in [6.45, 7) is 9.61. The highest BCUT2D eigenvalue weighted by Gasteiger charge is 2.30. The van der Waals surface area contributed by atoms with E-state index in [1.165, 1.54) is 205 Å². The van der Waals surface area contributed by atoms with Gasteiger partial charge in [-0.05, 0) is 37.5 Å². The number of aliphatic hydroxyl groups excluding tert-OH is 1. The van der Waals surface area contributed by atoms with Crippen LogP contribution in [0.3, 0.4) is 0 Å². The molecule has 19 heteroatoms. The number of hydrogen-bond acceptors (Lipinski definition) is 15. The lowest BCUT2D eigenvalue weighted by Gasteiger charge is -2.21. The first-order valence-corrected chi connectivity index (χ1v) is 42.0. The minimum atomic E-state index is -4.96. The van der Waals surface area contributed by atoms with Gasteiger partial charge in [0.25, 0.3) is 0 Å². The standard InChI is InChI=1S/C75H146O17P2/c1-7-10-12-14-16-18-20-25-29-33-40-46-52-58-73(78)86-63-70(91-74(79)59-53-47-41-34-30-27-24-22-21-23-26-28-31-37-43-49-55-67(4)5)65-89-93(81,82)87-61-69(76)62-88-94(83,84)90-66-71(64-85-72(77)57-51-45-39-32-19-17-15-13-11-8-2)92-75(80)60-54-48-42-36-35-38-44-50-56-68(6)9-3/h67-71,76H,7-66H2,1-6H3,(H,81,82)(H,83,84)/t68?,69-,70-,71-/m1/s1. The van der Waals surface area contributed by atoms with Crippen LogP contribution in [0.4, 0.5) is 0 Å². The first-order chi connectivity index (χ1) is 45.4. The molecule has 3 N–H and O–H groups in total. The molecule has 0 bridgehead atoms. The first-order valence-electron chi connectivity index (χ1n) is 39.0. The van der Waals surface area contributed by atoms with Crippen LogP contribution in [-0.2, 0) is 65.4 Å². The van der Waals surface area contributed by atoms with Gasteiger partial charge in [-0.3, -0.25) is 37.3 Å². The summed E-state index contributed by atoms with van der Waals surface area (Å²) in [6.07, 6.45) is 54.0. The van der Waals surface area contributed by atoms with E-state index >= 15 is 0 Å². The number of rotatable bonds is 74. The molecule has 3 unspecified atom stereocenters. The van der Waals surface area contributed by atoms with E-state index in [4.69, 9.17) is 37.0 Å². The van der Waals surface area contributed by atoms with Gasteiger partial charge in [0.2, 0.25) is 0 Å². The average molecular weight is 1380 g/mol. The first kappa shape index (κ1) is 92.1. The van der Waals surface area contributed by atoms with E-state index in [9.17, 15) is 43.2 Å². The zero-order chi connectivity index (χ0) is 69.3. The molecule has 0 aromatic rings. The molecule has 0 aliphatic rings. The Bertz CT molecular complexity index is 1820. The maximum Gasteiger partial charge on any atom is 0.472 e. The van der Waals surface area contributed by atoms with Crippen molar-refractivity contribution in [3.63, 3.8) is 0 Å². The number of phosphoric acid groups is 2. The molecule has 94 heavy (non-hydrogen) atoms. The van der Waals surface area contributed by atoms with Crippen LogP contribution in [0.15, 0.2) is 0 Å². The van der Waals surface area contributed by atoms with E-state index in [1.54, 1.807) is 0 Å². The Morgan fingerprint density at radius 3 is 0.809 bits per heavy atom. The largest absolute Gasteiger partial charge is 0.472 e. The average Bonchev–Trinajstić information content (AvgIpc) is 1.26. The SMILES string of the molecule is CCCCCCCCCCCCCCCC(=O)OC[C@H](COP(=O)(O)OC[C@@H](O)COP(=O)(O)OC[C@@H](COC(=O)CCCCCCCCCCCC)OC(=O)CCCCCCCCCCC(C)CC)OC(=O)CCCCCCCCCCCCCCCCCCC(C)C. The van der Waals surface area contributed by atoms with Crippen molar-refractivity contribution in [1.82, 2.24) is 0 Å². The molecule has 0 aliphatic carbocycles. The summed E-state index contributed by atoms with van der Waals surface area (Å²) < 4.78 is 68.5. The number of hydrogen-bond donors (Lipinski definition) is 3. The van der Waals surface area contributed by atoms with Crippen LogP contribution < -0.4 is 0 Å². The highest BCUT2D eigenvalue weighted by molar-refractivity contribution is 7.47. The summed E-state index contributed by atoms with van der Waals surface area (Å²) in [5.41, 5.74) is 0. The van der Waals surface area contributed by atoms with Gasteiger partial charge in [0.05, 0.1) is 26.4 Å². The summed E-state index contributed by atoms with van der Waals surface area (Å²) >= 11 is 0. The molecule has 0 saturated heterocycles. The number of phosphoric ester groups is 2. The second kappa shape index (κ2) is 66.9. The molecule has 0 spiro atoms. The molecule has 0 heterocycles. The van der Waals surface area contributed by atoms with Gasteiger partial charge < -0.3 is 33.8 Å². The minimum absolute atomic E-state index is 0.105. The normalized spacial score (nSPS) is 14.3. The molecular weight excluding hydrogens is 1230 g/mol. The van der Waals surface area contributed by atoms with E-state index in [-0.39, 0.29) is 25.7 Å². The number of aliphatic hydroxyl groups is 1. The zero-order valence-corrected chi connectivity index (χ0v) is 63.1. The molecule has 0 aromatic heterocycles. The molecule has 0 aromatic carbocycles. The lowest BCUT2D eigenvalue weighted by Crippen LogP contribution is -2.30. The van der Waals surface area contributed by atoms with Crippen molar-refractivity contribution >= 4 is 39.5 Å². The van der Waals surface area contributed by atoms with Crippen molar-refractivity contribution in [2.24, 2.45) is 11.8 Å². The maximum atomic E-state index is 13.1. The molecule has 558 valence electrons. The van der Waals surface area contributed by atoms with Gasteiger partial charge in [0.1, 0.15) is 19.3 Å². The van der Waals surface area contributed by atoms with Gasteiger partial charge >= 0.3 is 39.5 Å². The second-order valence-corrected chi connectivity index (χ2v) is 30.7. The summed E-state index contributed by atoms with van der Waals surface area (Å²) in [5.74, 6) is -0.538. The quantitative estimate of drug-likeness (QED) is 0.0222. The lowest BCUT2D eigenvalue weighted by atomic mass is 9.99. The highest BCUT2D eigenvalue weighted by Crippen LogP contribution is 2.45. The minimum Gasteiger partial charge on any atom is -0.462 e. The molecule has 17 nitrogen and oxygen atoms in total. The fourth-order valence-electron chi connectivity index (χ4n) is 11.4. The highest BCUT2D eigenvalue weighted by atomic mass is 31.2. The van der Waals surface area contributed by atoms with Crippen molar-refractivity contribution in [2.45, 2.75) is 407 Å². The van der Waals surface area contributed by atoms with Gasteiger partial charge in [-0.1, -0.05) is 337 Å². The summed E-state index contributed by atoms with van der Waals surface area (Å²) in [6, 6.07) is 0. The fourth-order valence-corrected chi connectivity index (χ4v) is 13.0.